The van der Waals surface area contributed by atoms with Crippen LogP contribution in [0.15, 0.2) is 54.6 Å². The molecule has 27 heavy (non-hydrogen) atoms. The van der Waals surface area contributed by atoms with Crippen LogP contribution in [-0.2, 0) is 0 Å². The summed E-state index contributed by atoms with van der Waals surface area (Å²) in [7, 11) is 3.13. The molecule has 0 fully saturated rings. The largest absolute Gasteiger partial charge is 0.493 e. The number of aliphatic hydroxyl groups excluding tert-OH is 1. The van der Waals surface area contributed by atoms with Crippen LogP contribution in [0.1, 0.15) is 22.1 Å². The van der Waals surface area contributed by atoms with E-state index in [0.29, 0.717) is 22.9 Å². The molecular formula is C20H21N3O4. The van der Waals surface area contributed by atoms with Crippen molar-refractivity contribution in [3.8, 4) is 22.8 Å². The number of methoxy groups -OCH3 is 2. The summed E-state index contributed by atoms with van der Waals surface area (Å²) < 4.78 is 10.5. The Morgan fingerprint density at radius 1 is 1.11 bits per heavy atom. The Bertz CT molecular complexity index is 909. The highest BCUT2D eigenvalue weighted by atomic mass is 16.5. The molecule has 1 aromatic heterocycles. The van der Waals surface area contributed by atoms with Crippen molar-refractivity contribution in [2.75, 3.05) is 20.8 Å². The molecule has 0 bridgehead atoms. The van der Waals surface area contributed by atoms with Crippen molar-refractivity contribution < 1.29 is 19.4 Å². The molecule has 3 aromatic rings. The standard InChI is InChI=1S/C20H21N3O4/c1-26-18-9-8-14(10-19(18)27-2)15-11-16(23-22-15)20(25)21-17(12-24)13-6-4-3-5-7-13/h3-11,17,24H,12H2,1-2H3,(H,21,25)(H,22,23)/t17-/m1/s1. The van der Waals surface area contributed by atoms with Crippen LogP contribution >= 0.6 is 0 Å². The van der Waals surface area contributed by atoms with Crippen molar-refractivity contribution in [3.63, 3.8) is 0 Å². The van der Waals surface area contributed by atoms with E-state index in [-0.39, 0.29) is 12.5 Å². The number of nitrogens with one attached hydrogen (secondary N) is 2. The molecule has 0 radical (unpaired) electrons. The van der Waals surface area contributed by atoms with E-state index in [2.05, 4.69) is 15.5 Å². The topological polar surface area (TPSA) is 96.5 Å². The van der Waals surface area contributed by atoms with Crippen molar-refractivity contribution in [1.82, 2.24) is 15.5 Å². The van der Waals surface area contributed by atoms with Crippen LogP contribution < -0.4 is 14.8 Å². The zero-order chi connectivity index (χ0) is 19.2. The van der Waals surface area contributed by atoms with E-state index in [1.807, 2.05) is 36.4 Å². The molecule has 7 nitrogen and oxygen atoms in total. The number of aliphatic hydroxyl groups is 1. The van der Waals surface area contributed by atoms with Gasteiger partial charge in [0.05, 0.1) is 32.6 Å². The van der Waals surface area contributed by atoms with E-state index in [1.54, 1.807) is 32.4 Å². The van der Waals surface area contributed by atoms with Gasteiger partial charge in [0.25, 0.3) is 5.91 Å². The minimum absolute atomic E-state index is 0.202. The van der Waals surface area contributed by atoms with Gasteiger partial charge < -0.3 is 19.9 Å². The maximum absolute atomic E-state index is 12.5. The van der Waals surface area contributed by atoms with E-state index in [0.717, 1.165) is 11.1 Å². The number of aromatic amines is 1. The van der Waals surface area contributed by atoms with Crippen LogP contribution in [0, 0.1) is 0 Å². The van der Waals surface area contributed by atoms with Crippen molar-refractivity contribution in [2.45, 2.75) is 6.04 Å². The fourth-order valence-corrected chi connectivity index (χ4v) is 2.74. The molecule has 3 N–H and O–H groups in total. The molecule has 0 aliphatic rings. The summed E-state index contributed by atoms with van der Waals surface area (Å²) in [5.74, 6) is 0.842. The Balaban J connectivity index is 1.78. The number of hydrogen-bond acceptors (Lipinski definition) is 5. The number of rotatable bonds is 7. The predicted octanol–water partition coefficient (Wildman–Crippen LogP) is 2.56. The number of carbonyl (C=O) groups excluding carboxylic acids is 1. The molecule has 1 amide bonds. The number of nitrogens with zero attached hydrogens (tertiary/aromatic N) is 1. The van der Waals surface area contributed by atoms with Crippen LogP contribution in [0.25, 0.3) is 11.3 Å². The summed E-state index contributed by atoms with van der Waals surface area (Å²) in [6.07, 6.45) is 0. The van der Waals surface area contributed by atoms with E-state index >= 15 is 0 Å². The highest BCUT2D eigenvalue weighted by molar-refractivity contribution is 5.93. The lowest BCUT2D eigenvalue weighted by Gasteiger charge is -2.15. The maximum Gasteiger partial charge on any atom is 0.269 e. The summed E-state index contributed by atoms with van der Waals surface area (Å²) in [5, 5.41) is 19.3. The number of ether oxygens (including phenoxy) is 2. The van der Waals surface area contributed by atoms with E-state index in [4.69, 9.17) is 9.47 Å². The molecule has 0 saturated carbocycles. The molecule has 1 atom stereocenters. The van der Waals surface area contributed by atoms with Crippen molar-refractivity contribution in [1.29, 1.82) is 0 Å². The Kier molecular flexibility index (Phi) is 5.73. The summed E-state index contributed by atoms with van der Waals surface area (Å²) in [6.45, 7) is -0.202. The molecule has 1 heterocycles. The van der Waals surface area contributed by atoms with Crippen molar-refractivity contribution in [2.24, 2.45) is 0 Å². The van der Waals surface area contributed by atoms with Gasteiger partial charge in [-0.25, -0.2) is 0 Å². The van der Waals surface area contributed by atoms with Crippen LogP contribution in [0.5, 0.6) is 11.5 Å². The highest BCUT2D eigenvalue weighted by Crippen LogP contribution is 2.31. The number of carbonyl (C=O) groups is 1. The lowest BCUT2D eigenvalue weighted by Crippen LogP contribution is -2.31. The highest BCUT2D eigenvalue weighted by Gasteiger charge is 2.17. The van der Waals surface area contributed by atoms with Gasteiger partial charge in [0.1, 0.15) is 5.69 Å². The number of hydrogen-bond donors (Lipinski definition) is 3. The van der Waals surface area contributed by atoms with E-state index in [1.165, 1.54) is 0 Å². The second-order valence-electron chi connectivity index (χ2n) is 5.86. The summed E-state index contributed by atoms with van der Waals surface area (Å²) in [5.41, 5.74) is 2.51. The van der Waals surface area contributed by atoms with Gasteiger partial charge in [-0.2, -0.15) is 5.10 Å². The fraction of sp³-hybridized carbons (Fsp3) is 0.200. The molecule has 2 aromatic carbocycles. The summed E-state index contributed by atoms with van der Waals surface area (Å²) in [6, 6.07) is 15.8. The smallest absolute Gasteiger partial charge is 0.269 e. The summed E-state index contributed by atoms with van der Waals surface area (Å²) >= 11 is 0. The molecule has 7 heteroatoms. The Morgan fingerprint density at radius 3 is 2.52 bits per heavy atom. The number of benzene rings is 2. The van der Waals surface area contributed by atoms with Crippen LogP contribution in [0.2, 0.25) is 0 Å². The van der Waals surface area contributed by atoms with Crippen LogP contribution in [-0.4, -0.2) is 42.0 Å². The monoisotopic (exact) mass is 367 g/mol. The molecule has 3 rings (SSSR count). The molecule has 0 saturated heterocycles. The normalized spacial score (nSPS) is 11.7. The fourth-order valence-electron chi connectivity index (χ4n) is 2.74. The maximum atomic E-state index is 12.5. The number of aromatic nitrogens is 2. The average Bonchev–Trinajstić information content (AvgIpc) is 3.22. The lowest BCUT2D eigenvalue weighted by atomic mass is 10.1. The molecule has 0 unspecified atom stereocenters. The Morgan fingerprint density at radius 2 is 1.85 bits per heavy atom. The first-order valence-electron chi connectivity index (χ1n) is 8.40. The van der Waals surface area contributed by atoms with Gasteiger partial charge in [-0.15, -0.1) is 0 Å². The van der Waals surface area contributed by atoms with Gasteiger partial charge in [-0.1, -0.05) is 30.3 Å². The second-order valence-corrected chi connectivity index (χ2v) is 5.86. The first kappa shape index (κ1) is 18.5. The third kappa shape index (κ3) is 4.09. The Labute approximate surface area is 157 Å². The first-order valence-corrected chi connectivity index (χ1v) is 8.40. The van der Waals surface area contributed by atoms with Crippen LogP contribution in [0.3, 0.4) is 0 Å². The molecule has 0 spiro atoms. The molecule has 0 aliphatic heterocycles. The molecular weight excluding hydrogens is 346 g/mol. The van der Waals surface area contributed by atoms with Gasteiger partial charge in [-0.05, 0) is 29.8 Å². The van der Waals surface area contributed by atoms with Gasteiger partial charge in [0, 0.05) is 5.56 Å². The zero-order valence-corrected chi connectivity index (χ0v) is 15.1. The molecule has 0 aliphatic carbocycles. The van der Waals surface area contributed by atoms with Crippen LogP contribution in [0.4, 0.5) is 0 Å². The molecule has 140 valence electrons. The van der Waals surface area contributed by atoms with Gasteiger partial charge in [0.15, 0.2) is 11.5 Å². The Hall–Kier alpha value is -3.32. The third-order valence-electron chi connectivity index (χ3n) is 4.19. The number of amides is 1. The minimum Gasteiger partial charge on any atom is -0.493 e. The van der Waals surface area contributed by atoms with Crippen molar-refractivity contribution >= 4 is 5.91 Å². The second kappa shape index (κ2) is 8.37. The van der Waals surface area contributed by atoms with E-state index in [9.17, 15) is 9.90 Å². The average molecular weight is 367 g/mol. The number of H-pyrrole nitrogens is 1. The lowest BCUT2D eigenvalue weighted by molar-refractivity contribution is 0.0911. The predicted molar refractivity (Wildman–Crippen MR) is 101 cm³/mol. The minimum atomic E-state index is -0.494. The zero-order valence-electron chi connectivity index (χ0n) is 15.1. The quantitative estimate of drug-likeness (QED) is 0.596. The summed E-state index contributed by atoms with van der Waals surface area (Å²) in [4.78, 5) is 12.5. The first-order chi connectivity index (χ1) is 13.2. The SMILES string of the molecule is COc1ccc(-c2cc(C(=O)N[C@H](CO)c3ccccc3)[nH]n2)cc1OC. The van der Waals surface area contributed by atoms with Crippen molar-refractivity contribution in [3.05, 3.63) is 65.9 Å². The third-order valence-corrected chi connectivity index (χ3v) is 4.19. The van der Waals surface area contributed by atoms with Gasteiger partial charge in [0.2, 0.25) is 0 Å². The van der Waals surface area contributed by atoms with Gasteiger partial charge >= 0.3 is 0 Å². The van der Waals surface area contributed by atoms with Gasteiger partial charge in [-0.3, -0.25) is 9.89 Å². The van der Waals surface area contributed by atoms with E-state index < -0.39 is 6.04 Å².